The molecule has 0 bridgehead atoms. The lowest BCUT2D eigenvalue weighted by molar-refractivity contribution is 0.399. The zero-order valence-corrected chi connectivity index (χ0v) is 14.2. The average molecular weight is 295 g/mol. The van der Waals surface area contributed by atoms with Crippen LogP contribution in [-0.2, 0) is 5.41 Å². The van der Waals surface area contributed by atoms with E-state index in [1.165, 1.54) is 43.4 Å². The summed E-state index contributed by atoms with van der Waals surface area (Å²) >= 11 is 0. The Morgan fingerprint density at radius 2 is 1.55 bits per heavy atom. The standard InChI is InChI=1S/C21H29N/c1-4-6-12-17-21(3,5-2)19-15-10-11-16-20(19)22-18-13-8-7-9-14-18/h7-11,13-16,22H,4-6,12,17H2,1-3H3. The van der Waals surface area contributed by atoms with E-state index < -0.39 is 0 Å². The summed E-state index contributed by atoms with van der Waals surface area (Å²) in [6.07, 6.45) is 6.34. The molecule has 0 aromatic heterocycles. The van der Waals surface area contributed by atoms with Crippen LogP contribution in [0.4, 0.5) is 11.4 Å². The van der Waals surface area contributed by atoms with Crippen molar-refractivity contribution < 1.29 is 0 Å². The molecule has 0 heterocycles. The van der Waals surface area contributed by atoms with Crippen molar-refractivity contribution in [2.45, 2.75) is 58.3 Å². The van der Waals surface area contributed by atoms with Gasteiger partial charge in [0.25, 0.3) is 0 Å². The van der Waals surface area contributed by atoms with E-state index in [1.807, 2.05) is 0 Å². The van der Waals surface area contributed by atoms with Crippen molar-refractivity contribution in [2.24, 2.45) is 0 Å². The first-order chi connectivity index (χ1) is 10.7. The molecule has 0 radical (unpaired) electrons. The lowest BCUT2D eigenvalue weighted by atomic mass is 9.75. The highest BCUT2D eigenvalue weighted by atomic mass is 14.9. The number of para-hydroxylation sites is 2. The number of hydrogen-bond donors (Lipinski definition) is 1. The number of benzene rings is 2. The maximum absolute atomic E-state index is 3.60. The molecule has 0 saturated carbocycles. The normalized spacial score (nSPS) is 13.6. The monoisotopic (exact) mass is 295 g/mol. The van der Waals surface area contributed by atoms with Crippen molar-refractivity contribution in [3.05, 3.63) is 60.2 Å². The summed E-state index contributed by atoms with van der Waals surface area (Å²) in [7, 11) is 0. The van der Waals surface area contributed by atoms with E-state index in [4.69, 9.17) is 0 Å². The Hall–Kier alpha value is -1.76. The van der Waals surface area contributed by atoms with Crippen molar-refractivity contribution >= 4 is 11.4 Å². The fourth-order valence-electron chi connectivity index (χ4n) is 3.06. The molecule has 1 N–H and O–H groups in total. The van der Waals surface area contributed by atoms with Crippen molar-refractivity contribution in [1.82, 2.24) is 0 Å². The second kappa shape index (κ2) is 8.03. The van der Waals surface area contributed by atoms with Gasteiger partial charge in [-0.05, 0) is 42.0 Å². The summed E-state index contributed by atoms with van der Waals surface area (Å²) < 4.78 is 0. The first-order valence-electron chi connectivity index (χ1n) is 8.61. The van der Waals surface area contributed by atoms with Gasteiger partial charge in [-0.1, -0.05) is 76.4 Å². The number of rotatable bonds is 8. The highest BCUT2D eigenvalue weighted by Gasteiger charge is 2.26. The predicted octanol–water partition coefficient (Wildman–Crippen LogP) is 6.68. The van der Waals surface area contributed by atoms with Crippen LogP contribution in [0.2, 0.25) is 0 Å². The van der Waals surface area contributed by atoms with Crippen LogP contribution < -0.4 is 5.32 Å². The van der Waals surface area contributed by atoms with Gasteiger partial charge in [0.05, 0.1) is 0 Å². The molecule has 0 aliphatic heterocycles. The first-order valence-corrected chi connectivity index (χ1v) is 8.61. The predicted molar refractivity (Wildman–Crippen MR) is 98.0 cm³/mol. The van der Waals surface area contributed by atoms with Gasteiger partial charge in [0, 0.05) is 11.4 Å². The van der Waals surface area contributed by atoms with Gasteiger partial charge in [-0.2, -0.15) is 0 Å². The van der Waals surface area contributed by atoms with E-state index in [2.05, 4.69) is 80.7 Å². The van der Waals surface area contributed by atoms with Crippen molar-refractivity contribution in [1.29, 1.82) is 0 Å². The van der Waals surface area contributed by atoms with E-state index in [9.17, 15) is 0 Å². The molecule has 2 rings (SSSR count). The second-order valence-corrected chi connectivity index (χ2v) is 6.41. The van der Waals surface area contributed by atoms with E-state index in [0.717, 1.165) is 5.69 Å². The average Bonchev–Trinajstić information content (AvgIpc) is 2.56. The SMILES string of the molecule is CCCCCC(C)(CC)c1ccccc1Nc1ccccc1. The summed E-state index contributed by atoms with van der Waals surface area (Å²) in [5, 5.41) is 3.60. The van der Waals surface area contributed by atoms with Gasteiger partial charge in [0.15, 0.2) is 0 Å². The molecule has 0 amide bonds. The smallest absolute Gasteiger partial charge is 0.0422 e. The highest BCUT2D eigenvalue weighted by Crippen LogP contribution is 2.38. The Bertz CT molecular complexity index is 561. The third-order valence-corrected chi connectivity index (χ3v) is 4.74. The second-order valence-electron chi connectivity index (χ2n) is 6.41. The van der Waals surface area contributed by atoms with Crippen LogP contribution in [0.5, 0.6) is 0 Å². The van der Waals surface area contributed by atoms with Gasteiger partial charge in [-0.3, -0.25) is 0 Å². The Balaban J connectivity index is 2.25. The van der Waals surface area contributed by atoms with E-state index in [0.29, 0.717) is 0 Å². The molecule has 1 heteroatoms. The van der Waals surface area contributed by atoms with Crippen LogP contribution in [0.25, 0.3) is 0 Å². The molecular weight excluding hydrogens is 266 g/mol. The summed E-state index contributed by atoms with van der Waals surface area (Å²) in [5.41, 5.74) is 4.09. The molecule has 2 aromatic carbocycles. The van der Waals surface area contributed by atoms with E-state index in [1.54, 1.807) is 0 Å². The zero-order chi connectivity index (χ0) is 15.8. The minimum absolute atomic E-state index is 0.244. The fraction of sp³-hybridized carbons (Fsp3) is 0.429. The van der Waals surface area contributed by atoms with Gasteiger partial charge >= 0.3 is 0 Å². The quantitative estimate of drug-likeness (QED) is 0.536. The molecular formula is C21H29N. The number of nitrogens with one attached hydrogen (secondary N) is 1. The molecule has 22 heavy (non-hydrogen) atoms. The van der Waals surface area contributed by atoms with Crippen LogP contribution in [0.1, 0.15) is 58.4 Å². The maximum atomic E-state index is 3.60. The van der Waals surface area contributed by atoms with Crippen molar-refractivity contribution in [3.63, 3.8) is 0 Å². The Morgan fingerprint density at radius 3 is 2.23 bits per heavy atom. The Morgan fingerprint density at radius 1 is 0.864 bits per heavy atom. The van der Waals surface area contributed by atoms with Crippen LogP contribution in [-0.4, -0.2) is 0 Å². The molecule has 2 aromatic rings. The van der Waals surface area contributed by atoms with Crippen molar-refractivity contribution in [2.75, 3.05) is 5.32 Å². The Labute approximate surface area is 135 Å². The lowest BCUT2D eigenvalue weighted by Gasteiger charge is -2.31. The maximum Gasteiger partial charge on any atom is 0.0422 e. The molecule has 1 nitrogen and oxygen atoms in total. The molecule has 0 aliphatic carbocycles. The summed E-state index contributed by atoms with van der Waals surface area (Å²) in [5.74, 6) is 0. The molecule has 1 atom stereocenters. The minimum atomic E-state index is 0.244. The van der Waals surface area contributed by atoms with E-state index in [-0.39, 0.29) is 5.41 Å². The summed E-state index contributed by atoms with van der Waals surface area (Å²) in [6.45, 7) is 6.99. The van der Waals surface area contributed by atoms with Gasteiger partial charge < -0.3 is 5.32 Å². The van der Waals surface area contributed by atoms with Crippen LogP contribution in [0.3, 0.4) is 0 Å². The zero-order valence-electron chi connectivity index (χ0n) is 14.2. The van der Waals surface area contributed by atoms with Gasteiger partial charge in [-0.15, -0.1) is 0 Å². The minimum Gasteiger partial charge on any atom is -0.355 e. The van der Waals surface area contributed by atoms with Crippen LogP contribution in [0, 0.1) is 0 Å². The summed E-state index contributed by atoms with van der Waals surface area (Å²) in [6, 6.07) is 19.2. The number of unbranched alkanes of at least 4 members (excludes halogenated alkanes) is 2. The highest BCUT2D eigenvalue weighted by molar-refractivity contribution is 5.64. The van der Waals surface area contributed by atoms with Crippen molar-refractivity contribution in [3.8, 4) is 0 Å². The molecule has 0 fully saturated rings. The number of hydrogen-bond acceptors (Lipinski definition) is 1. The third kappa shape index (κ3) is 4.13. The third-order valence-electron chi connectivity index (χ3n) is 4.74. The number of anilines is 2. The van der Waals surface area contributed by atoms with Gasteiger partial charge in [0.2, 0.25) is 0 Å². The fourth-order valence-corrected chi connectivity index (χ4v) is 3.06. The van der Waals surface area contributed by atoms with Gasteiger partial charge in [-0.25, -0.2) is 0 Å². The first kappa shape index (κ1) is 16.6. The molecule has 0 saturated heterocycles. The van der Waals surface area contributed by atoms with Crippen LogP contribution in [0.15, 0.2) is 54.6 Å². The van der Waals surface area contributed by atoms with Gasteiger partial charge in [0.1, 0.15) is 0 Å². The molecule has 0 spiro atoms. The van der Waals surface area contributed by atoms with E-state index >= 15 is 0 Å². The molecule has 118 valence electrons. The molecule has 1 unspecified atom stereocenters. The lowest BCUT2D eigenvalue weighted by Crippen LogP contribution is -2.22. The topological polar surface area (TPSA) is 12.0 Å². The molecule has 0 aliphatic rings. The Kier molecular flexibility index (Phi) is 6.06. The van der Waals surface area contributed by atoms with Crippen LogP contribution >= 0.6 is 0 Å². The summed E-state index contributed by atoms with van der Waals surface area (Å²) in [4.78, 5) is 0. The largest absolute Gasteiger partial charge is 0.355 e.